The fourth-order valence-electron chi connectivity index (χ4n) is 2.18. The molecule has 0 amide bonds. The van der Waals surface area contributed by atoms with Crippen molar-refractivity contribution >= 4 is 16.0 Å². The number of piperidine rings is 1. The lowest BCUT2D eigenvalue weighted by molar-refractivity contribution is -0.146. The number of aryl methyl sites for hydroxylation is 1. The minimum Gasteiger partial charge on any atom is -0.469 e. The number of methoxy groups -OCH3 is 1. The number of ether oxygens (including phenoxy) is 1. The first kappa shape index (κ1) is 14.0. The van der Waals surface area contributed by atoms with E-state index in [0.29, 0.717) is 25.9 Å². The molecule has 0 N–H and O–H groups in total. The fourth-order valence-corrected chi connectivity index (χ4v) is 3.64. The minimum absolute atomic E-state index is 0.187. The summed E-state index contributed by atoms with van der Waals surface area (Å²) in [6.07, 6.45) is 3.79. The average molecular weight is 287 g/mol. The van der Waals surface area contributed by atoms with Gasteiger partial charge in [0.2, 0.25) is 10.0 Å². The number of rotatable bonds is 3. The van der Waals surface area contributed by atoms with Crippen molar-refractivity contribution in [2.45, 2.75) is 17.7 Å². The molecule has 7 nitrogen and oxygen atoms in total. The summed E-state index contributed by atoms with van der Waals surface area (Å²) in [7, 11) is -0.482. The maximum Gasteiger partial charge on any atom is 0.308 e. The molecule has 1 fully saturated rings. The van der Waals surface area contributed by atoms with Crippen molar-refractivity contribution in [3.8, 4) is 0 Å². The fraction of sp³-hybridized carbons (Fsp3) is 0.636. The monoisotopic (exact) mass is 287 g/mol. The third-order valence-electron chi connectivity index (χ3n) is 3.31. The van der Waals surface area contributed by atoms with Crippen molar-refractivity contribution in [2.75, 3.05) is 20.2 Å². The number of hydrogen-bond acceptors (Lipinski definition) is 5. The van der Waals surface area contributed by atoms with Gasteiger partial charge in [-0.05, 0) is 12.8 Å². The molecule has 1 aliphatic rings. The second-order valence-electron chi connectivity index (χ2n) is 4.55. The highest BCUT2D eigenvalue weighted by molar-refractivity contribution is 7.89. The average Bonchev–Trinajstić information content (AvgIpc) is 2.85. The highest BCUT2D eigenvalue weighted by atomic mass is 32.2. The van der Waals surface area contributed by atoms with Crippen LogP contribution in [0.1, 0.15) is 12.8 Å². The summed E-state index contributed by atoms with van der Waals surface area (Å²) in [6.45, 7) is 0.661. The van der Waals surface area contributed by atoms with E-state index >= 15 is 0 Å². The van der Waals surface area contributed by atoms with Crippen LogP contribution in [0.2, 0.25) is 0 Å². The Bertz CT molecular complexity index is 558. The summed E-state index contributed by atoms with van der Waals surface area (Å²) in [5.41, 5.74) is 0. The van der Waals surface area contributed by atoms with Crippen molar-refractivity contribution in [2.24, 2.45) is 13.0 Å². The van der Waals surface area contributed by atoms with Gasteiger partial charge >= 0.3 is 5.97 Å². The Kier molecular flexibility index (Phi) is 3.91. The molecule has 0 bridgehead atoms. The molecular formula is C11H17N3O4S. The number of aromatic nitrogens is 2. The third kappa shape index (κ3) is 2.79. The predicted octanol–water partition coefficient (Wildman–Crippen LogP) is -0.00620. The van der Waals surface area contributed by atoms with E-state index in [4.69, 9.17) is 0 Å². The molecule has 1 aromatic rings. The Morgan fingerprint density at radius 3 is 2.53 bits per heavy atom. The molecule has 0 aliphatic carbocycles. The van der Waals surface area contributed by atoms with Crippen LogP contribution in [-0.4, -0.2) is 48.7 Å². The Morgan fingerprint density at radius 1 is 1.42 bits per heavy atom. The van der Waals surface area contributed by atoms with Crippen molar-refractivity contribution in [3.05, 3.63) is 12.4 Å². The van der Waals surface area contributed by atoms with Crippen LogP contribution in [0.25, 0.3) is 0 Å². The third-order valence-corrected chi connectivity index (χ3v) is 5.16. The first-order valence-corrected chi connectivity index (χ1v) is 7.46. The first-order valence-electron chi connectivity index (χ1n) is 6.02. The van der Waals surface area contributed by atoms with E-state index in [9.17, 15) is 13.2 Å². The highest BCUT2D eigenvalue weighted by Gasteiger charge is 2.33. The number of carbonyl (C=O) groups is 1. The van der Waals surface area contributed by atoms with Crippen LogP contribution < -0.4 is 0 Å². The highest BCUT2D eigenvalue weighted by Crippen LogP contribution is 2.24. The van der Waals surface area contributed by atoms with Gasteiger partial charge in [-0.3, -0.25) is 9.48 Å². The zero-order valence-corrected chi connectivity index (χ0v) is 11.8. The van der Waals surface area contributed by atoms with Crippen molar-refractivity contribution in [1.29, 1.82) is 0 Å². The Morgan fingerprint density at radius 2 is 2.05 bits per heavy atom. The molecule has 1 aromatic heterocycles. The van der Waals surface area contributed by atoms with E-state index in [0.717, 1.165) is 0 Å². The van der Waals surface area contributed by atoms with Crippen LogP contribution in [0.4, 0.5) is 0 Å². The van der Waals surface area contributed by atoms with Gasteiger partial charge in [-0.15, -0.1) is 0 Å². The Labute approximate surface area is 112 Å². The molecule has 2 heterocycles. The zero-order valence-electron chi connectivity index (χ0n) is 10.9. The SMILES string of the molecule is COC(=O)C1CCN(S(=O)(=O)c2cnn(C)c2)CC1. The van der Waals surface area contributed by atoms with Gasteiger partial charge in [0, 0.05) is 26.3 Å². The van der Waals surface area contributed by atoms with Crippen LogP contribution in [0, 0.1) is 5.92 Å². The Balaban J connectivity index is 2.07. The summed E-state index contributed by atoms with van der Waals surface area (Å²) in [5.74, 6) is -0.469. The summed E-state index contributed by atoms with van der Waals surface area (Å²) in [6, 6.07) is 0. The van der Waals surface area contributed by atoms with E-state index in [-0.39, 0.29) is 16.8 Å². The van der Waals surface area contributed by atoms with Crippen molar-refractivity contribution in [1.82, 2.24) is 14.1 Å². The van der Waals surface area contributed by atoms with E-state index < -0.39 is 10.0 Å². The molecule has 8 heteroatoms. The zero-order chi connectivity index (χ0) is 14.0. The normalized spacial score (nSPS) is 18.4. The summed E-state index contributed by atoms with van der Waals surface area (Å²) >= 11 is 0. The van der Waals surface area contributed by atoms with Gasteiger partial charge in [-0.25, -0.2) is 8.42 Å². The molecule has 1 saturated heterocycles. The molecule has 0 saturated carbocycles. The van der Waals surface area contributed by atoms with E-state index in [1.165, 1.54) is 28.5 Å². The van der Waals surface area contributed by atoms with Gasteiger partial charge in [0.25, 0.3) is 0 Å². The predicted molar refractivity (Wildman–Crippen MR) is 66.7 cm³/mol. The van der Waals surface area contributed by atoms with Crippen molar-refractivity contribution in [3.63, 3.8) is 0 Å². The smallest absolute Gasteiger partial charge is 0.308 e. The summed E-state index contributed by atoms with van der Waals surface area (Å²) in [4.78, 5) is 11.6. The molecular weight excluding hydrogens is 270 g/mol. The maximum atomic E-state index is 12.3. The van der Waals surface area contributed by atoms with E-state index in [2.05, 4.69) is 9.84 Å². The topological polar surface area (TPSA) is 81.5 Å². The molecule has 2 rings (SSSR count). The van der Waals surface area contributed by atoms with Gasteiger partial charge in [0.1, 0.15) is 4.90 Å². The van der Waals surface area contributed by atoms with Crippen LogP contribution in [0.3, 0.4) is 0 Å². The molecule has 0 atom stereocenters. The van der Waals surface area contributed by atoms with Gasteiger partial charge in [0.15, 0.2) is 0 Å². The number of hydrogen-bond donors (Lipinski definition) is 0. The molecule has 106 valence electrons. The Hall–Kier alpha value is -1.41. The second-order valence-corrected chi connectivity index (χ2v) is 6.49. The quantitative estimate of drug-likeness (QED) is 0.731. The van der Waals surface area contributed by atoms with Crippen LogP contribution in [0.15, 0.2) is 17.3 Å². The minimum atomic E-state index is -3.50. The van der Waals surface area contributed by atoms with Gasteiger partial charge in [0.05, 0.1) is 19.2 Å². The van der Waals surface area contributed by atoms with Gasteiger partial charge < -0.3 is 4.74 Å². The van der Waals surface area contributed by atoms with Crippen LogP contribution in [0.5, 0.6) is 0 Å². The molecule has 0 radical (unpaired) electrons. The first-order chi connectivity index (χ1) is 8.95. The lowest BCUT2D eigenvalue weighted by atomic mass is 9.99. The number of nitrogens with zero attached hydrogens (tertiary/aromatic N) is 3. The second kappa shape index (κ2) is 5.30. The standard InChI is InChI=1S/C11H17N3O4S/c1-13-8-10(7-12-13)19(16,17)14-5-3-9(4-6-14)11(15)18-2/h7-9H,3-6H2,1-2H3. The lowest BCUT2D eigenvalue weighted by Gasteiger charge is -2.29. The van der Waals surface area contributed by atoms with Gasteiger partial charge in [-0.1, -0.05) is 0 Å². The molecule has 0 unspecified atom stereocenters. The molecule has 1 aliphatic heterocycles. The summed E-state index contributed by atoms with van der Waals surface area (Å²) < 4.78 is 32.1. The van der Waals surface area contributed by atoms with E-state index in [1.807, 2.05) is 0 Å². The van der Waals surface area contributed by atoms with Crippen LogP contribution >= 0.6 is 0 Å². The van der Waals surface area contributed by atoms with Crippen LogP contribution in [-0.2, 0) is 26.6 Å². The number of esters is 1. The molecule has 19 heavy (non-hydrogen) atoms. The molecule has 0 spiro atoms. The van der Waals surface area contributed by atoms with Crippen molar-refractivity contribution < 1.29 is 17.9 Å². The molecule has 0 aromatic carbocycles. The number of carbonyl (C=O) groups excluding carboxylic acids is 1. The summed E-state index contributed by atoms with van der Waals surface area (Å²) in [5, 5.41) is 3.87. The number of sulfonamides is 1. The van der Waals surface area contributed by atoms with E-state index in [1.54, 1.807) is 7.05 Å². The van der Waals surface area contributed by atoms with Gasteiger partial charge in [-0.2, -0.15) is 9.40 Å². The maximum absolute atomic E-state index is 12.3. The lowest BCUT2D eigenvalue weighted by Crippen LogP contribution is -2.40. The largest absolute Gasteiger partial charge is 0.469 e.